The topological polar surface area (TPSA) is 67.5 Å². The molecule has 8 heteroatoms. The van der Waals surface area contributed by atoms with Crippen molar-refractivity contribution in [3.05, 3.63) is 78.1 Å². The van der Waals surface area contributed by atoms with Crippen LogP contribution < -0.4 is 0 Å². The molecule has 5 nitrogen and oxygen atoms in total. The minimum absolute atomic E-state index is 0. The van der Waals surface area contributed by atoms with Gasteiger partial charge < -0.3 is 5.11 Å². The van der Waals surface area contributed by atoms with E-state index in [1.165, 1.54) is 37.8 Å². The molecule has 3 aromatic heterocycles. The second-order valence-electron chi connectivity index (χ2n) is 16.0. The number of allylic oxidation sites excluding steroid dienone is 2. The minimum Gasteiger partial charge on any atom is -0.512 e. The summed E-state index contributed by atoms with van der Waals surface area (Å²) in [5.41, 5.74) is 5.25. The summed E-state index contributed by atoms with van der Waals surface area (Å²) in [4.78, 5) is 23.0. The van der Waals surface area contributed by atoms with Gasteiger partial charge in [0.1, 0.15) is 16.9 Å². The summed E-state index contributed by atoms with van der Waals surface area (Å²) in [7, 11) is -1.26. The summed E-state index contributed by atoms with van der Waals surface area (Å²) >= 11 is 1.82. The number of nitrogens with zero attached hydrogens (tertiary/aromatic N) is 3. The number of thiazole rings is 1. The smallest absolute Gasteiger partial charge is 0.164 e. The van der Waals surface area contributed by atoms with E-state index in [1.807, 2.05) is 65.4 Å². The molecule has 0 unspecified atom stereocenters. The number of aromatic nitrogens is 3. The van der Waals surface area contributed by atoms with Crippen LogP contribution in [0.1, 0.15) is 99.3 Å². The van der Waals surface area contributed by atoms with E-state index in [1.54, 1.807) is 0 Å². The zero-order valence-electron chi connectivity index (χ0n) is 31.7. The van der Waals surface area contributed by atoms with E-state index in [2.05, 4.69) is 87.3 Å². The number of aliphatic hydroxyl groups excluding tert-OH is 1. The Morgan fingerprint density at radius 3 is 2.12 bits per heavy atom. The molecule has 1 radical (unpaired) electrons. The van der Waals surface area contributed by atoms with Crippen LogP contribution in [-0.2, 0) is 36.4 Å². The van der Waals surface area contributed by atoms with Gasteiger partial charge in [-0.1, -0.05) is 111 Å². The van der Waals surface area contributed by atoms with Gasteiger partial charge in [-0.05, 0) is 43.2 Å². The third-order valence-electron chi connectivity index (χ3n) is 10.3. The van der Waals surface area contributed by atoms with E-state index in [4.69, 9.17) is 9.97 Å². The van der Waals surface area contributed by atoms with E-state index in [-0.39, 0.29) is 47.9 Å². The Balaban J connectivity index is 0.000000312. The molecule has 0 aliphatic rings. The van der Waals surface area contributed by atoms with Crippen LogP contribution in [0.3, 0.4) is 0 Å². The Bertz CT molecular complexity index is 1940. The Hall–Kier alpha value is -2.64. The SMILES string of the molecule is CC(C)(C)c1cc(-c2nccc3c2sc2c(C[Si](C)(C)C)ncn23)[c-]c2ccccc12.CCC(C)(CC)C(=O)/C=C(\O)C(C)(CC)CC.[Ir]. The van der Waals surface area contributed by atoms with Crippen molar-refractivity contribution in [1.82, 2.24) is 14.4 Å². The second-order valence-corrected chi connectivity index (χ2v) is 22.5. The van der Waals surface area contributed by atoms with Crippen molar-refractivity contribution >= 4 is 51.0 Å². The van der Waals surface area contributed by atoms with Gasteiger partial charge in [0.15, 0.2) is 5.78 Å². The summed E-state index contributed by atoms with van der Waals surface area (Å²) in [6.45, 7) is 26.1. The first kappa shape index (κ1) is 40.8. The van der Waals surface area contributed by atoms with Gasteiger partial charge in [-0.3, -0.25) is 14.2 Å². The predicted molar refractivity (Wildman–Crippen MR) is 209 cm³/mol. The number of pyridine rings is 1. The van der Waals surface area contributed by atoms with E-state index in [0.717, 1.165) is 48.4 Å². The zero-order valence-corrected chi connectivity index (χ0v) is 35.9. The number of rotatable bonds is 10. The molecule has 267 valence electrons. The van der Waals surface area contributed by atoms with E-state index < -0.39 is 8.07 Å². The number of hydrogen-bond acceptors (Lipinski definition) is 5. The molecule has 5 aromatic rings. The van der Waals surface area contributed by atoms with E-state index >= 15 is 0 Å². The first-order chi connectivity index (χ1) is 22.4. The van der Waals surface area contributed by atoms with Gasteiger partial charge in [-0.15, -0.1) is 40.5 Å². The molecule has 0 fully saturated rings. The number of carbonyl (C=O) groups is 1. The van der Waals surface area contributed by atoms with Crippen LogP contribution in [0.4, 0.5) is 0 Å². The number of ketones is 1. The van der Waals surface area contributed by atoms with Crippen LogP contribution in [0, 0.1) is 16.9 Å². The van der Waals surface area contributed by atoms with Crippen molar-refractivity contribution in [2.45, 2.75) is 119 Å². The number of benzene rings is 2. The third-order valence-corrected chi connectivity index (χ3v) is 12.9. The van der Waals surface area contributed by atoms with Crippen LogP contribution >= 0.6 is 11.3 Å². The van der Waals surface area contributed by atoms with Gasteiger partial charge in [-0.25, -0.2) is 4.98 Å². The first-order valence-corrected chi connectivity index (χ1v) is 22.1. The number of fused-ring (bicyclic) bond motifs is 4. The first-order valence-electron chi connectivity index (χ1n) is 17.6. The molecule has 0 saturated heterocycles. The molecule has 0 aliphatic carbocycles. The average molecular weight is 875 g/mol. The second kappa shape index (κ2) is 15.7. The number of carbonyl (C=O) groups excluding carboxylic acids is 1. The molecule has 3 heterocycles. The Morgan fingerprint density at radius 2 is 1.55 bits per heavy atom. The zero-order chi connectivity index (χ0) is 35.7. The van der Waals surface area contributed by atoms with Crippen LogP contribution in [0.15, 0.2) is 60.8 Å². The van der Waals surface area contributed by atoms with E-state index in [9.17, 15) is 9.90 Å². The Kier molecular flexibility index (Phi) is 13.1. The van der Waals surface area contributed by atoms with Crippen molar-refractivity contribution in [3.63, 3.8) is 0 Å². The van der Waals surface area contributed by atoms with Gasteiger partial charge in [-0.2, -0.15) is 0 Å². The van der Waals surface area contributed by atoms with Crippen LogP contribution in [0.5, 0.6) is 0 Å². The fourth-order valence-corrected chi connectivity index (χ4v) is 8.56. The largest absolute Gasteiger partial charge is 0.512 e. The maximum atomic E-state index is 12.2. The Morgan fingerprint density at radius 1 is 0.939 bits per heavy atom. The molecular formula is C41H56IrN3O2SSi-. The summed E-state index contributed by atoms with van der Waals surface area (Å²) in [6.07, 6.45) is 8.66. The van der Waals surface area contributed by atoms with Crippen LogP contribution in [0.25, 0.3) is 37.1 Å². The van der Waals surface area contributed by atoms with Gasteiger partial charge in [0.25, 0.3) is 0 Å². The number of imidazole rings is 1. The molecule has 0 bridgehead atoms. The molecule has 2 aromatic carbocycles. The summed E-state index contributed by atoms with van der Waals surface area (Å²) < 4.78 is 3.45. The molecule has 0 amide bonds. The van der Waals surface area contributed by atoms with Gasteiger partial charge >= 0.3 is 0 Å². The van der Waals surface area contributed by atoms with Crippen LogP contribution in [0.2, 0.25) is 19.6 Å². The van der Waals surface area contributed by atoms with Gasteiger partial charge in [0, 0.05) is 53.6 Å². The van der Waals surface area contributed by atoms with Crippen molar-refractivity contribution in [3.8, 4) is 11.3 Å². The normalized spacial score (nSPS) is 13.0. The van der Waals surface area contributed by atoms with Crippen molar-refractivity contribution in [2.24, 2.45) is 10.8 Å². The summed E-state index contributed by atoms with van der Waals surface area (Å²) in [5.74, 6) is 0.286. The van der Waals surface area contributed by atoms with Gasteiger partial charge in [0.2, 0.25) is 0 Å². The monoisotopic (exact) mass is 875 g/mol. The summed E-state index contributed by atoms with van der Waals surface area (Å²) in [6, 6.07) is 17.7. The fourth-order valence-electron chi connectivity index (χ4n) is 5.96. The molecule has 49 heavy (non-hydrogen) atoms. The molecule has 0 saturated carbocycles. The van der Waals surface area contributed by atoms with E-state index in [0.29, 0.717) is 0 Å². The number of hydrogen-bond donors (Lipinski definition) is 1. The standard InChI is InChI=1S/C26H28N3SSi.C15H28O2.Ir/c1-26(2,3)20-14-18(13-17-9-7-8-10-19(17)20)23-24-22(11-12-27-23)29-16-28-21(25(29)30-24)15-31(4,5)6;1-7-14(5,8-2)12(16)11-13(17)15(6,9-3)10-4;/h7-12,14,16H,15H2,1-6H3;11,16H,7-10H2,1-6H3;/q-1;;/b;12-11-;. The predicted octanol–water partition coefficient (Wildman–Crippen LogP) is 11.9. The summed E-state index contributed by atoms with van der Waals surface area (Å²) in [5, 5.41) is 12.5. The maximum absolute atomic E-state index is 12.2. The molecule has 1 N–H and O–H groups in total. The third kappa shape index (κ3) is 8.81. The Labute approximate surface area is 313 Å². The minimum atomic E-state index is -1.26. The number of aliphatic hydroxyl groups is 1. The molecule has 5 rings (SSSR count). The molecular weight excluding hydrogens is 819 g/mol. The van der Waals surface area contributed by atoms with Crippen molar-refractivity contribution in [1.29, 1.82) is 0 Å². The molecule has 0 atom stereocenters. The quantitative estimate of drug-likeness (QED) is 0.0657. The maximum Gasteiger partial charge on any atom is 0.164 e. The van der Waals surface area contributed by atoms with Crippen molar-refractivity contribution in [2.75, 3.05) is 0 Å². The van der Waals surface area contributed by atoms with Crippen molar-refractivity contribution < 1.29 is 30.0 Å². The molecule has 0 aliphatic heterocycles. The fraction of sp³-hybridized carbons (Fsp3) is 0.488. The van der Waals surface area contributed by atoms with Crippen LogP contribution in [-0.4, -0.2) is 33.3 Å². The molecule has 0 spiro atoms. The average Bonchev–Trinajstić information content (AvgIpc) is 3.62. The van der Waals surface area contributed by atoms with Gasteiger partial charge in [0.05, 0.1) is 19.3 Å².